The van der Waals surface area contributed by atoms with Crippen LogP contribution in [0.1, 0.15) is 39.0 Å². The quantitative estimate of drug-likeness (QED) is 0.732. The predicted molar refractivity (Wildman–Crippen MR) is 66.5 cm³/mol. The van der Waals surface area contributed by atoms with Crippen LogP contribution in [-0.2, 0) is 4.79 Å². The fraction of sp³-hybridized carbons (Fsp3) is 0.923. The van der Waals surface area contributed by atoms with Crippen molar-refractivity contribution in [2.24, 2.45) is 0 Å². The third-order valence-corrected chi connectivity index (χ3v) is 4.98. The molecular formula is C13H23N3O. The molecule has 3 fully saturated rings. The molecular weight excluding hydrogens is 214 g/mol. The molecule has 0 radical (unpaired) electrons. The van der Waals surface area contributed by atoms with Crippen molar-refractivity contribution in [3.63, 3.8) is 0 Å². The van der Waals surface area contributed by atoms with Gasteiger partial charge >= 0.3 is 0 Å². The first-order chi connectivity index (χ1) is 8.16. The van der Waals surface area contributed by atoms with E-state index in [2.05, 4.69) is 22.2 Å². The van der Waals surface area contributed by atoms with E-state index in [-0.39, 0.29) is 6.04 Å². The highest BCUT2D eigenvalue weighted by Gasteiger charge is 2.41. The summed E-state index contributed by atoms with van der Waals surface area (Å²) in [6.07, 6.45) is 6.35. The molecule has 3 aliphatic heterocycles. The van der Waals surface area contributed by atoms with Crippen LogP contribution >= 0.6 is 0 Å². The van der Waals surface area contributed by atoms with Crippen LogP contribution in [0.15, 0.2) is 0 Å². The van der Waals surface area contributed by atoms with Gasteiger partial charge in [0.15, 0.2) is 0 Å². The summed E-state index contributed by atoms with van der Waals surface area (Å²) in [6.45, 7) is 2.73. The minimum absolute atomic E-state index is 0.0227. The summed E-state index contributed by atoms with van der Waals surface area (Å²) in [5.74, 6) is 0.303. The van der Waals surface area contributed by atoms with Crippen molar-refractivity contribution in [1.29, 1.82) is 0 Å². The zero-order valence-electron chi connectivity index (χ0n) is 10.9. The van der Waals surface area contributed by atoms with Gasteiger partial charge in [0.25, 0.3) is 0 Å². The number of nitrogens with one attached hydrogen (secondary N) is 1. The van der Waals surface area contributed by atoms with Crippen LogP contribution < -0.4 is 5.32 Å². The molecule has 2 bridgehead atoms. The van der Waals surface area contributed by atoms with E-state index in [0.29, 0.717) is 24.0 Å². The second-order valence-electron chi connectivity index (χ2n) is 5.92. The summed E-state index contributed by atoms with van der Waals surface area (Å²) in [4.78, 5) is 16.7. The summed E-state index contributed by atoms with van der Waals surface area (Å²) in [5, 5.41) is 3.26. The lowest BCUT2D eigenvalue weighted by atomic mass is 9.82. The predicted octanol–water partition coefficient (Wildman–Crippen LogP) is 0.779. The van der Waals surface area contributed by atoms with Crippen molar-refractivity contribution in [3.05, 3.63) is 0 Å². The van der Waals surface area contributed by atoms with Gasteiger partial charge in [-0.05, 0) is 39.7 Å². The van der Waals surface area contributed by atoms with Gasteiger partial charge in [-0.15, -0.1) is 0 Å². The van der Waals surface area contributed by atoms with Crippen molar-refractivity contribution < 1.29 is 4.79 Å². The first-order valence-corrected chi connectivity index (χ1v) is 6.92. The van der Waals surface area contributed by atoms with Crippen molar-refractivity contribution in [2.45, 2.75) is 63.2 Å². The second-order valence-corrected chi connectivity index (χ2v) is 5.92. The number of carbonyl (C=O) groups is 1. The largest absolute Gasteiger partial charge is 0.325 e. The van der Waals surface area contributed by atoms with E-state index in [4.69, 9.17) is 0 Å². The van der Waals surface area contributed by atoms with Crippen LogP contribution in [0, 0.1) is 0 Å². The van der Waals surface area contributed by atoms with Gasteiger partial charge in [0.1, 0.15) is 0 Å². The van der Waals surface area contributed by atoms with Crippen LogP contribution in [0.2, 0.25) is 0 Å². The van der Waals surface area contributed by atoms with Crippen LogP contribution in [0.25, 0.3) is 0 Å². The van der Waals surface area contributed by atoms with E-state index >= 15 is 0 Å². The van der Waals surface area contributed by atoms with E-state index in [9.17, 15) is 4.79 Å². The molecule has 96 valence electrons. The van der Waals surface area contributed by atoms with E-state index < -0.39 is 0 Å². The molecule has 0 aromatic heterocycles. The zero-order chi connectivity index (χ0) is 12.0. The Morgan fingerprint density at radius 3 is 2.35 bits per heavy atom. The smallest absolute Gasteiger partial charge is 0.240 e. The molecule has 0 spiro atoms. The molecule has 3 saturated heterocycles. The number of fused-ring (bicyclic) bond motifs is 2. The highest BCUT2D eigenvalue weighted by molar-refractivity contribution is 5.83. The third-order valence-electron chi connectivity index (χ3n) is 4.98. The van der Waals surface area contributed by atoms with Crippen LogP contribution in [0.3, 0.4) is 0 Å². The van der Waals surface area contributed by atoms with E-state index in [0.717, 1.165) is 6.67 Å². The molecule has 3 unspecified atom stereocenters. The summed E-state index contributed by atoms with van der Waals surface area (Å²) >= 11 is 0. The fourth-order valence-corrected chi connectivity index (χ4v) is 3.80. The highest BCUT2D eigenvalue weighted by atomic mass is 16.2. The Hall–Kier alpha value is -0.610. The summed E-state index contributed by atoms with van der Waals surface area (Å²) in [7, 11) is 2.26. The van der Waals surface area contributed by atoms with Gasteiger partial charge in [-0.1, -0.05) is 6.42 Å². The second kappa shape index (κ2) is 4.25. The minimum atomic E-state index is 0.0227. The van der Waals surface area contributed by atoms with Crippen LogP contribution in [0.4, 0.5) is 0 Å². The number of piperidine rings is 2. The van der Waals surface area contributed by atoms with Gasteiger partial charge in [-0.3, -0.25) is 10.1 Å². The molecule has 1 N–H and O–H groups in total. The molecule has 1 amide bonds. The Morgan fingerprint density at radius 2 is 1.82 bits per heavy atom. The molecule has 3 aliphatic rings. The lowest BCUT2D eigenvalue weighted by Crippen LogP contribution is -2.55. The Morgan fingerprint density at radius 1 is 1.18 bits per heavy atom. The number of carbonyl (C=O) groups excluding carboxylic acids is 1. The molecule has 3 heterocycles. The average molecular weight is 237 g/mol. The highest BCUT2D eigenvalue weighted by Crippen LogP contribution is 2.35. The average Bonchev–Trinajstić information content (AvgIpc) is 2.60. The monoisotopic (exact) mass is 237 g/mol. The standard InChI is InChI=1S/C13H23N3O/c1-9-13(17)16(8-14-9)12-6-10-4-3-5-11(7-12)15(10)2/h9-12,14H,3-8H2,1-2H3. The molecule has 3 rings (SSSR count). The summed E-state index contributed by atoms with van der Waals surface area (Å²) in [5.41, 5.74) is 0. The van der Waals surface area contributed by atoms with Gasteiger partial charge in [-0.2, -0.15) is 0 Å². The number of nitrogens with zero attached hydrogens (tertiary/aromatic N) is 2. The van der Waals surface area contributed by atoms with Crippen LogP contribution in [-0.4, -0.2) is 53.6 Å². The number of hydrogen-bond donors (Lipinski definition) is 1. The molecule has 3 atom stereocenters. The van der Waals surface area contributed by atoms with Crippen molar-refractivity contribution in [3.8, 4) is 0 Å². The van der Waals surface area contributed by atoms with E-state index in [1.807, 2.05) is 6.92 Å². The molecule has 0 saturated carbocycles. The Labute approximate surface area is 103 Å². The molecule has 0 aliphatic carbocycles. The lowest BCUT2D eigenvalue weighted by molar-refractivity contribution is -0.132. The van der Waals surface area contributed by atoms with Gasteiger partial charge in [0.05, 0.1) is 12.7 Å². The summed E-state index contributed by atoms with van der Waals surface area (Å²) < 4.78 is 0. The molecule has 0 aromatic carbocycles. The summed E-state index contributed by atoms with van der Waals surface area (Å²) in [6, 6.07) is 1.91. The lowest BCUT2D eigenvalue weighted by Gasteiger charge is -2.49. The first kappa shape index (κ1) is 11.5. The van der Waals surface area contributed by atoms with Crippen molar-refractivity contribution in [1.82, 2.24) is 15.1 Å². The SMILES string of the molecule is CC1NCN(C2CC3CCCC(C2)N3C)C1=O. The third kappa shape index (κ3) is 1.87. The van der Waals surface area contributed by atoms with Gasteiger partial charge in [-0.25, -0.2) is 0 Å². The van der Waals surface area contributed by atoms with E-state index in [1.165, 1.54) is 32.1 Å². The van der Waals surface area contributed by atoms with Gasteiger partial charge < -0.3 is 9.80 Å². The maximum Gasteiger partial charge on any atom is 0.240 e. The van der Waals surface area contributed by atoms with Crippen molar-refractivity contribution in [2.75, 3.05) is 13.7 Å². The normalized spacial score (nSPS) is 43.2. The Balaban J connectivity index is 1.72. The molecule has 17 heavy (non-hydrogen) atoms. The number of amides is 1. The minimum Gasteiger partial charge on any atom is -0.325 e. The maximum absolute atomic E-state index is 12.1. The first-order valence-electron chi connectivity index (χ1n) is 6.92. The molecule has 0 aromatic rings. The number of rotatable bonds is 1. The molecule has 4 heteroatoms. The Kier molecular flexibility index (Phi) is 2.87. The van der Waals surface area contributed by atoms with Gasteiger partial charge in [0, 0.05) is 18.1 Å². The Bertz CT molecular complexity index is 306. The maximum atomic E-state index is 12.1. The topological polar surface area (TPSA) is 35.6 Å². The van der Waals surface area contributed by atoms with Gasteiger partial charge in [0.2, 0.25) is 5.91 Å². The number of hydrogen-bond acceptors (Lipinski definition) is 3. The van der Waals surface area contributed by atoms with E-state index in [1.54, 1.807) is 0 Å². The fourth-order valence-electron chi connectivity index (χ4n) is 3.80. The van der Waals surface area contributed by atoms with Crippen LogP contribution in [0.5, 0.6) is 0 Å². The molecule has 4 nitrogen and oxygen atoms in total. The van der Waals surface area contributed by atoms with Crippen molar-refractivity contribution >= 4 is 5.91 Å². The zero-order valence-corrected chi connectivity index (χ0v) is 10.9.